The minimum atomic E-state index is -0.280. The van der Waals surface area contributed by atoms with Crippen LogP contribution in [0.2, 0.25) is 0 Å². The van der Waals surface area contributed by atoms with Gasteiger partial charge in [-0.1, -0.05) is 30.3 Å². The highest BCUT2D eigenvalue weighted by molar-refractivity contribution is 5.41. The van der Waals surface area contributed by atoms with Gasteiger partial charge in [-0.2, -0.15) is 0 Å². The third kappa shape index (κ3) is 4.27. The van der Waals surface area contributed by atoms with Crippen LogP contribution in [0.25, 0.3) is 0 Å². The zero-order chi connectivity index (χ0) is 17.9. The normalized spacial score (nSPS) is 20.2. The summed E-state index contributed by atoms with van der Waals surface area (Å²) in [5.74, 6) is 1.54. The summed E-state index contributed by atoms with van der Waals surface area (Å²) in [5, 5.41) is 10.4. The first-order valence-corrected chi connectivity index (χ1v) is 9.95. The molecule has 1 N–H and O–H groups in total. The molecule has 2 aromatic rings. The summed E-state index contributed by atoms with van der Waals surface area (Å²) in [6.45, 7) is 3.63. The predicted molar refractivity (Wildman–Crippen MR) is 103 cm³/mol. The fourth-order valence-electron chi connectivity index (χ4n) is 4.34. The molecule has 2 aromatic carbocycles. The molecule has 3 heteroatoms. The molecule has 0 spiro atoms. The van der Waals surface area contributed by atoms with E-state index in [1.807, 2.05) is 18.2 Å². The van der Waals surface area contributed by atoms with Crippen LogP contribution in [0.1, 0.15) is 49.1 Å². The molecule has 26 heavy (non-hydrogen) atoms. The molecule has 138 valence electrons. The largest absolute Gasteiger partial charge is 0.508 e. The summed E-state index contributed by atoms with van der Waals surface area (Å²) in [6.07, 6.45) is 6.19. The van der Waals surface area contributed by atoms with E-state index in [1.54, 1.807) is 0 Å². The highest BCUT2D eigenvalue weighted by atomic mass is 19.1. The molecule has 1 aliphatic carbocycles. The first kappa shape index (κ1) is 17.5. The number of benzene rings is 2. The number of phenolic OH excluding ortho intramolecular Hbond substituents is 1. The average molecular weight is 353 g/mol. The monoisotopic (exact) mass is 353 g/mol. The highest BCUT2D eigenvalue weighted by Crippen LogP contribution is 2.39. The van der Waals surface area contributed by atoms with Gasteiger partial charge in [-0.3, -0.25) is 0 Å². The van der Waals surface area contributed by atoms with Crippen molar-refractivity contribution in [1.29, 1.82) is 0 Å². The van der Waals surface area contributed by atoms with Crippen LogP contribution in [0.15, 0.2) is 48.5 Å². The molecule has 1 aliphatic heterocycles. The van der Waals surface area contributed by atoms with Crippen molar-refractivity contribution in [2.75, 3.05) is 19.6 Å². The Morgan fingerprint density at radius 1 is 0.962 bits per heavy atom. The Hall–Kier alpha value is -1.87. The molecule has 0 radical (unpaired) electrons. The molecule has 2 nitrogen and oxygen atoms in total. The van der Waals surface area contributed by atoms with E-state index in [0.717, 1.165) is 23.5 Å². The van der Waals surface area contributed by atoms with Gasteiger partial charge in [0.15, 0.2) is 0 Å². The van der Waals surface area contributed by atoms with Crippen molar-refractivity contribution in [3.63, 3.8) is 0 Å². The van der Waals surface area contributed by atoms with Gasteiger partial charge in [0.05, 0.1) is 0 Å². The van der Waals surface area contributed by atoms with Crippen molar-refractivity contribution in [3.05, 3.63) is 65.5 Å². The van der Waals surface area contributed by atoms with Gasteiger partial charge in [0.2, 0.25) is 0 Å². The number of nitrogens with zero attached hydrogens (tertiary/aromatic N) is 1. The minimum Gasteiger partial charge on any atom is -0.508 e. The summed E-state index contributed by atoms with van der Waals surface area (Å²) in [7, 11) is 0. The van der Waals surface area contributed by atoms with Crippen LogP contribution in [0.3, 0.4) is 0 Å². The van der Waals surface area contributed by atoms with Gasteiger partial charge in [0, 0.05) is 18.0 Å². The summed E-state index contributed by atoms with van der Waals surface area (Å²) in [5.41, 5.74) is 1.88. The van der Waals surface area contributed by atoms with Gasteiger partial charge >= 0.3 is 0 Å². The van der Waals surface area contributed by atoms with Crippen LogP contribution in [-0.4, -0.2) is 29.6 Å². The lowest BCUT2D eigenvalue weighted by Crippen LogP contribution is -2.35. The number of hydrogen-bond donors (Lipinski definition) is 1. The lowest BCUT2D eigenvalue weighted by molar-refractivity contribution is 0.170. The molecule has 1 saturated carbocycles. The van der Waals surface area contributed by atoms with E-state index in [9.17, 15) is 9.50 Å². The minimum absolute atomic E-state index is 0.0480. The number of likely N-dealkylation sites (tertiary alicyclic amines) is 1. The molecule has 4 rings (SSSR count). The zero-order valence-electron chi connectivity index (χ0n) is 15.3. The second-order valence-corrected chi connectivity index (χ2v) is 8.09. The Morgan fingerprint density at radius 2 is 1.69 bits per heavy atom. The molecule has 1 unspecified atom stereocenters. The quantitative estimate of drug-likeness (QED) is 0.774. The van der Waals surface area contributed by atoms with Gasteiger partial charge in [0.1, 0.15) is 11.6 Å². The van der Waals surface area contributed by atoms with Crippen LogP contribution < -0.4 is 0 Å². The molecule has 0 amide bonds. The molecule has 2 fully saturated rings. The second kappa shape index (κ2) is 7.79. The first-order chi connectivity index (χ1) is 12.7. The predicted octanol–water partition coefficient (Wildman–Crippen LogP) is 5.18. The number of piperidine rings is 1. The van der Waals surface area contributed by atoms with Crippen LogP contribution in [-0.2, 0) is 0 Å². The van der Waals surface area contributed by atoms with E-state index in [1.165, 1.54) is 63.5 Å². The zero-order valence-corrected chi connectivity index (χ0v) is 15.3. The van der Waals surface area contributed by atoms with Crippen molar-refractivity contribution >= 4 is 0 Å². The first-order valence-electron chi connectivity index (χ1n) is 9.95. The third-order valence-corrected chi connectivity index (χ3v) is 6.06. The maximum absolute atomic E-state index is 13.9. The smallest absolute Gasteiger partial charge is 0.123 e. The Kier molecular flexibility index (Phi) is 5.26. The van der Waals surface area contributed by atoms with Gasteiger partial charge in [0.25, 0.3) is 0 Å². The lowest BCUT2D eigenvalue weighted by atomic mass is 9.80. The molecule has 0 aromatic heterocycles. The summed E-state index contributed by atoms with van der Waals surface area (Å²) >= 11 is 0. The number of rotatable bonds is 6. The Labute approximate surface area is 155 Å². The van der Waals surface area contributed by atoms with Crippen molar-refractivity contribution in [3.8, 4) is 5.75 Å². The maximum Gasteiger partial charge on any atom is 0.123 e. The standard InChI is InChI=1S/C23H28FNO/c24-20-8-9-23(26)22(15-20)21(19-4-2-1-3-5-19)14-17-10-12-25(13-11-17)16-18-6-7-18/h1-5,8-9,15,17-18,21,26H,6-7,10-14,16H2. The Bertz CT molecular complexity index is 720. The fraction of sp³-hybridized carbons (Fsp3) is 0.478. The molecular formula is C23H28FNO. The molecule has 2 aliphatic rings. The number of halogens is 1. The van der Waals surface area contributed by atoms with Crippen molar-refractivity contribution < 1.29 is 9.50 Å². The van der Waals surface area contributed by atoms with E-state index in [-0.39, 0.29) is 17.5 Å². The summed E-state index contributed by atoms with van der Waals surface area (Å²) < 4.78 is 13.9. The fourth-order valence-corrected chi connectivity index (χ4v) is 4.34. The van der Waals surface area contributed by atoms with Gasteiger partial charge < -0.3 is 10.0 Å². The molecular weight excluding hydrogens is 325 g/mol. The van der Waals surface area contributed by atoms with Crippen LogP contribution in [0.5, 0.6) is 5.75 Å². The van der Waals surface area contributed by atoms with Crippen LogP contribution >= 0.6 is 0 Å². The van der Waals surface area contributed by atoms with E-state index in [2.05, 4.69) is 17.0 Å². The van der Waals surface area contributed by atoms with Crippen molar-refractivity contribution in [2.45, 2.75) is 38.0 Å². The topological polar surface area (TPSA) is 23.5 Å². The number of phenols is 1. The van der Waals surface area contributed by atoms with Gasteiger partial charge in [-0.05, 0) is 80.8 Å². The molecule has 1 saturated heterocycles. The van der Waals surface area contributed by atoms with Gasteiger partial charge in [-0.15, -0.1) is 0 Å². The number of aromatic hydroxyl groups is 1. The average Bonchev–Trinajstić information content (AvgIpc) is 3.48. The molecule has 1 atom stereocenters. The Balaban J connectivity index is 1.49. The highest BCUT2D eigenvalue weighted by Gasteiger charge is 2.29. The van der Waals surface area contributed by atoms with Crippen LogP contribution in [0, 0.1) is 17.7 Å². The van der Waals surface area contributed by atoms with E-state index in [4.69, 9.17) is 0 Å². The maximum atomic E-state index is 13.9. The van der Waals surface area contributed by atoms with Crippen LogP contribution in [0.4, 0.5) is 4.39 Å². The van der Waals surface area contributed by atoms with Crippen molar-refractivity contribution in [1.82, 2.24) is 4.90 Å². The van der Waals surface area contributed by atoms with E-state index < -0.39 is 0 Å². The summed E-state index contributed by atoms with van der Waals surface area (Å²) in [6, 6.07) is 14.6. The van der Waals surface area contributed by atoms with Gasteiger partial charge in [-0.25, -0.2) is 4.39 Å². The Morgan fingerprint density at radius 3 is 2.38 bits per heavy atom. The second-order valence-electron chi connectivity index (χ2n) is 8.09. The summed E-state index contributed by atoms with van der Waals surface area (Å²) in [4.78, 5) is 2.62. The SMILES string of the molecule is Oc1ccc(F)cc1C(CC1CCN(CC2CC2)CC1)c1ccccc1. The van der Waals surface area contributed by atoms with E-state index in [0.29, 0.717) is 5.92 Å². The molecule has 0 bridgehead atoms. The van der Waals surface area contributed by atoms with E-state index >= 15 is 0 Å². The van der Waals surface area contributed by atoms with Crippen molar-refractivity contribution in [2.24, 2.45) is 11.8 Å². The lowest BCUT2D eigenvalue weighted by Gasteiger charge is -2.34. The molecule has 1 heterocycles. The number of hydrogen-bond acceptors (Lipinski definition) is 2. The third-order valence-electron chi connectivity index (χ3n) is 6.06.